The summed E-state index contributed by atoms with van der Waals surface area (Å²) in [6, 6.07) is -0.278. The van der Waals surface area contributed by atoms with E-state index in [4.69, 9.17) is 14.6 Å². The van der Waals surface area contributed by atoms with Crippen LogP contribution in [0.15, 0.2) is 0 Å². The van der Waals surface area contributed by atoms with Crippen LogP contribution >= 0.6 is 0 Å². The Balaban J connectivity index is 2.38. The SMILES string of the molecule is CCC1CN(C(=O)NCC(OC)C(=O)O)CCO1. The molecule has 7 heteroatoms. The molecule has 0 spiro atoms. The molecule has 1 rings (SSSR count). The van der Waals surface area contributed by atoms with Crippen molar-refractivity contribution in [2.45, 2.75) is 25.6 Å². The number of rotatable bonds is 5. The second-order valence-electron chi connectivity index (χ2n) is 4.10. The molecule has 7 nitrogen and oxygen atoms in total. The second-order valence-corrected chi connectivity index (χ2v) is 4.10. The van der Waals surface area contributed by atoms with Crippen LogP contribution in [-0.2, 0) is 14.3 Å². The first-order chi connectivity index (χ1) is 8.58. The van der Waals surface area contributed by atoms with Crippen molar-refractivity contribution < 1.29 is 24.2 Å². The van der Waals surface area contributed by atoms with Gasteiger partial charge in [0, 0.05) is 20.2 Å². The molecule has 1 aliphatic rings. The summed E-state index contributed by atoms with van der Waals surface area (Å²) >= 11 is 0. The minimum atomic E-state index is -1.09. The van der Waals surface area contributed by atoms with Gasteiger partial charge in [-0.25, -0.2) is 9.59 Å². The minimum Gasteiger partial charge on any atom is -0.479 e. The monoisotopic (exact) mass is 260 g/mol. The molecule has 0 saturated carbocycles. The average Bonchev–Trinajstić information content (AvgIpc) is 2.38. The molecule has 0 bridgehead atoms. The molecule has 2 unspecified atom stereocenters. The molecule has 0 radical (unpaired) electrons. The molecule has 0 aromatic heterocycles. The third-order valence-corrected chi connectivity index (χ3v) is 2.88. The van der Waals surface area contributed by atoms with Crippen LogP contribution in [0.5, 0.6) is 0 Å². The van der Waals surface area contributed by atoms with Gasteiger partial charge in [0.25, 0.3) is 0 Å². The fourth-order valence-corrected chi connectivity index (χ4v) is 1.71. The van der Waals surface area contributed by atoms with Crippen molar-refractivity contribution in [3.63, 3.8) is 0 Å². The smallest absolute Gasteiger partial charge is 0.334 e. The topological polar surface area (TPSA) is 88.1 Å². The fourth-order valence-electron chi connectivity index (χ4n) is 1.71. The van der Waals surface area contributed by atoms with Crippen LogP contribution in [0, 0.1) is 0 Å². The van der Waals surface area contributed by atoms with Gasteiger partial charge < -0.3 is 24.8 Å². The zero-order chi connectivity index (χ0) is 13.5. The van der Waals surface area contributed by atoms with Gasteiger partial charge in [-0.05, 0) is 6.42 Å². The molecule has 0 aliphatic carbocycles. The highest BCUT2D eigenvalue weighted by atomic mass is 16.5. The van der Waals surface area contributed by atoms with E-state index in [1.165, 1.54) is 7.11 Å². The predicted molar refractivity (Wildman–Crippen MR) is 63.4 cm³/mol. The van der Waals surface area contributed by atoms with E-state index in [1.54, 1.807) is 4.90 Å². The van der Waals surface area contributed by atoms with E-state index in [-0.39, 0.29) is 18.7 Å². The Hall–Kier alpha value is -1.34. The number of hydrogen-bond acceptors (Lipinski definition) is 4. The summed E-state index contributed by atoms with van der Waals surface area (Å²) in [5, 5.41) is 11.3. The fraction of sp³-hybridized carbons (Fsp3) is 0.818. The van der Waals surface area contributed by atoms with Crippen molar-refractivity contribution in [3.05, 3.63) is 0 Å². The van der Waals surface area contributed by atoms with Crippen molar-refractivity contribution in [1.29, 1.82) is 0 Å². The van der Waals surface area contributed by atoms with Gasteiger partial charge in [0.05, 0.1) is 19.3 Å². The molecule has 1 fully saturated rings. The van der Waals surface area contributed by atoms with E-state index in [1.807, 2.05) is 6.92 Å². The number of carbonyl (C=O) groups excluding carboxylic acids is 1. The van der Waals surface area contributed by atoms with Crippen LogP contribution < -0.4 is 5.32 Å². The van der Waals surface area contributed by atoms with E-state index in [0.29, 0.717) is 19.7 Å². The first-order valence-corrected chi connectivity index (χ1v) is 5.98. The Morgan fingerprint density at radius 3 is 2.89 bits per heavy atom. The highest BCUT2D eigenvalue weighted by Crippen LogP contribution is 2.08. The molecule has 2 N–H and O–H groups in total. The van der Waals surface area contributed by atoms with Gasteiger partial charge in [0.2, 0.25) is 0 Å². The Kier molecular flexibility index (Phi) is 5.87. The number of urea groups is 1. The molecule has 18 heavy (non-hydrogen) atoms. The van der Waals surface area contributed by atoms with Gasteiger partial charge in [-0.15, -0.1) is 0 Å². The van der Waals surface area contributed by atoms with Gasteiger partial charge in [0.1, 0.15) is 0 Å². The summed E-state index contributed by atoms with van der Waals surface area (Å²) in [5.41, 5.74) is 0. The van der Waals surface area contributed by atoms with Crippen LogP contribution in [0.1, 0.15) is 13.3 Å². The van der Waals surface area contributed by atoms with Crippen molar-refractivity contribution in [3.8, 4) is 0 Å². The summed E-state index contributed by atoms with van der Waals surface area (Å²) < 4.78 is 10.2. The Morgan fingerprint density at radius 1 is 1.61 bits per heavy atom. The lowest BCUT2D eigenvalue weighted by Crippen LogP contribution is -2.51. The standard InChI is InChI=1S/C11H20N2O5/c1-3-8-7-13(4-5-18-8)11(16)12-6-9(17-2)10(14)15/h8-9H,3-7H2,1-2H3,(H,12,16)(H,14,15). The van der Waals surface area contributed by atoms with Crippen LogP contribution in [0.4, 0.5) is 4.79 Å². The normalized spacial score (nSPS) is 21.4. The lowest BCUT2D eigenvalue weighted by atomic mass is 10.2. The largest absolute Gasteiger partial charge is 0.479 e. The number of methoxy groups -OCH3 is 1. The summed E-state index contributed by atoms with van der Waals surface area (Å²) in [7, 11) is 1.30. The third kappa shape index (κ3) is 4.15. The van der Waals surface area contributed by atoms with Crippen molar-refractivity contribution >= 4 is 12.0 Å². The molecule has 2 amide bonds. The number of carbonyl (C=O) groups is 2. The molecule has 1 saturated heterocycles. The average molecular weight is 260 g/mol. The zero-order valence-electron chi connectivity index (χ0n) is 10.7. The Labute approximate surface area is 106 Å². The van der Waals surface area contributed by atoms with Crippen LogP contribution in [0.3, 0.4) is 0 Å². The lowest BCUT2D eigenvalue weighted by molar-refractivity contribution is -0.148. The van der Waals surface area contributed by atoms with Gasteiger partial charge in [-0.1, -0.05) is 6.92 Å². The van der Waals surface area contributed by atoms with E-state index in [9.17, 15) is 9.59 Å². The number of morpholine rings is 1. The number of carboxylic acid groups (broad SMARTS) is 1. The Bertz CT molecular complexity index is 297. The predicted octanol–water partition coefficient (Wildman–Crippen LogP) is -0.0936. The van der Waals surface area contributed by atoms with Gasteiger partial charge >= 0.3 is 12.0 Å². The van der Waals surface area contributed by atoms with Crippen molar-refractivity contribution in [1.82, 2.24) is 10.2 Å². The van der Waals surface area contributed by atoms with E-state index in [2.05, 4.69) is 5.32 Å². The summed E-state index contributed by atoms with van der Waals surface area (Å²) in [6.07, 6.45) is -0.112. The Morgan fingerprint density at radius 2 is 2.33 bits per heavy atom. The van der Waals surface area contributed by atoms with Crippen LogP contribution in [-0.4, -0.2) is 67.6 Å². The number of nitrogens with one attached hydrogen (secondary N) is 1. The minimum absolute atomic E-state index is 0.0428. The molecule has 1 aliphatic heterocycles. The number of hydrogen-bond donors (Lipinski definition) is 2. The number of carboxylic acids is 1. The molecular weight excluding hydrogens is 240 g/mol. The third-order valence-electron chi connectivity index (χ3n) is 2.88. The van der Waals surface area contributed by atoms with Crippen molar-refractivity contribution in [2.75, 3.05) is 33.4 Å². The number of nitrogens with zero attached hydrogens (tertiary/aromatic N) is 1. The quantitative estimate of drug-likeness (QED) is 0.721. The molecule has 0 aromatic rings. The molecule has 104 valence electrons. The molecule has 0 aromatic carbocycles. The highest BCUT2D eigenvalue weighted by Gasteiger charge is 2.24. The second kappa shape index (κ2) is 7.17. The van der Waals surface area contributed by atoms with Crippen LogP contribution in [0.25, 0.3) is 0 Å². The summed E-state index contributed by atoms with van der Waals surface area (Å²) in [5.74, 6) is -1.09. The zero-order valence-corrected chi connectivity index (χ0v) is 10.7. The molecule has 1 heterocycles. The van der Waals surface area contributed by atoms with Gasteiger partial charge in [-0.2, -0.15) is 0 Å². The van der Waals surface area contributed by atoms with Crippen LogP contribution in [0.2, 0.25) is 0 Å². The van der Waals surface area contributed by atoms with E-state index >= 15 is 0 Å². The maximum atomic E-state index is 11.8. The number of ether oxygens (including phenoxy) is 2. The summed E-state index contributed by atoms with van der Waals surface area (Å²) in [6.45, 7) is 3.52. The number of amides is 2. The van der Waals surface area contributed by atoms with E-state index < -0.39 is 12.1 Å². The first kappa shape index (κ1) is 14.7. The van der Waals surface area contributed by atoms with Crippen molar-refractivity contribution in [2.24, 2.45) is 0 Å². The molecular formula is C11H20N2O5. The van der Waals surface area contributed by atoms with Gasteiger partial charge in [0.15, 0.2) is 6.10 Å². The molecule has 2 atom stereocenters. The van der Waals surface area contributed by atoms with E-state index in [0.717, 1.165) is 6.42 Å². The number of aliphatic carboxylic acids is 1. The maximum Gasteiger partial charge on any atom is 0.334 e. The van der Waals surface area contributed by atoms with Gasteiger partial charge in [-0.3, -0.25) is 0 Å². The highest BCUT2D eigenvalue weighted by molar-refractivity contribution is 5.77. The lowest BCUT2D eigenvalue weighted by Gasteiger charge is -2.32. The summed E-state index contributed by atoms with van der Waals surface area (Å²) in [4.78, 5) is 24.2. The first-order valence-electron chi connectivity index (χ1n) is 5.98. The maximum absolute atomic E-state index is 11.8.